The number of hydrogen-bond donors (Lipinski definition) is 1. The van der Waals surface area contributed by atoms with Crippen LogP contribution in [0.4, 0.5) is 0 Å². The van der Waals surface area contributed by atoms with Crippen LogP contribution in [-0.2, 0) is 48.4 Å². The molecule has 0 aliphatic rings. The second-order valence-corrected chi connectivity index (χ2v) is 7.56. The lowest BCUT2D eigenvalue weighted by Gasteiger charge is -2.38. The highest BCUT2D eigenvalue weighted by Crippen LogP contribution is 2.32. The number of pyridine rings is 1. The maximum absolute atomic E-state index is 11.7. The number of nitrogens with zero attached hydrogens (tertiary/aromatic N) is 1. The minimum absolute atomic E-state index is 0.0264. The fourth-order valence-corrected chi connectivity index (χ4v) is 2.90. The molecule has 12 nitrogen and oxygen atoms in total. The summed E-state index contributed by atoms with van der Waals surface area (Å²) in [7, 11) is 4.47. The van der Waals surface area contributed by atoms with E-state index in [0.717, 1.165) is 0 Å². The Kier molecular flexibility index (Phi) is 13.8. The molecule has 0 aliphatic heterocycles. The summed E-state index contributed by atoms with van der Waals surface area (Å²) in [5, 5.41) is 9.53. The number of carbonyl (C=O) groups is 1. The molecule has 1 heterocycles. The SMILES string of the molecule is COC(C)OC(C)OCC(OC(C)OC(C)OC)(OC(C)OC(C)OC)c1cc(C(=O)O)ccn1. The Morgan fingerprint density at radius 2 is 1.29 bits per heavy atom. The van der Waals surface area contributed by atoms with Crippen molar-refractivity contribution in [2.75, 3.05) is 27.9 Å². The van der Waals surface area contributed by atoms with Crippen LogP contribution in [0.5, 0.6) is 0 Å². The first-order valence-corrected chi connectivity index (χ1v) is 11.2. The van der Waals surface area contributed by atoms with Crippen molar-refractivity contribution in [2.24, 2.45) is 0 Å². The Hall–Kier alpha value is -1.74. The van der Waals surface area contributed by atoms with Gasteiger partial charge in [0.05, 0.1) is 5.56 Å². The number of rotatable bonds is 18. The van der Waals surface area contributed by atoms with Crippen molar-refractivity contribution in [3.05, 3.63) is 29.6 Å². The third-order valence-electron chi connectivity index (χ3n) is 4.76. The summed E-state index contributed by atoms with van der Waals surface area (Å²) in [5.41, 5.74) is 0.0898. The number of aromatic carboxylic acids is 1. The van der Waals surface area contributed by atoms with E-state index < -0.39 is 49.5 Å². The van der Waals surface area contributed by atoms with Crippen molar-refractivity contribution in [2.45, 2.75) is 85.1 Å². The predicted molar refractivity (Wildman–Crippen MR) is 122 cm³/mol. The summed E-state index contributed by atoms with van der Waals surface area (Å²) >= 11 is 0. The number of carboxylic acid groups (broad SMARTS) is 1. The summed E-state index contributed by atoms with van der Waals surface area (Å²) in [6, 6.07) is 2.68. The molecule has 0 bridgehead atoms. The van der Waals surface area contributed by atoms with Gasteiger partial charge in [-0.05, 0) is 53.7 Å². The Labute approximate surface area is 206 Å². The van der Waals surface area contributed by atoms with Crippen LogP contribution >= 0.6 is 0 Å². The van der Waals surface area contributed by atoms with Gasteiger partial charge in [0.1, 0.15) is 12.3 Å². The van der Waals surface area contributed by atoms with Crippen LogP contribution in [0, 0.1) is 0 Å². The minimum Gasteiger partial charge on any atom is -0.478 e. The molecular weight excluding hydrogens is 466 g/mol. The highest BCUT2D eigenvalue weighted by molar-refractivity contribution is 5.87. The number of hydrogen-bond acceptors (Lipinski definition) is 11. The van der Waals surface area contributed by atoms with E-state index in [1.54, 1.807) is 41.5 Å². The van der Waals surface area contributed by atoms with Gasteiger partial charge in [-0.2, -0.15) is 0 Å². The molecule has 1 aromatic rings. The molecule has 0 saturated carbocycles. The van der Waals surface area contributed by atoms with Crippen molar-refractivity contribution in [3.63, 3.8) is 0 Å². The highest BCUT2D eigenvalue weighted by Gasteiger charge is 2.42. The molecule has 0 aliphatic carbocycles. The summed E-state index contributed by atoms with van der Waals surface area (Å²) in [4.78, 5) is 16.0. The molecule has 0 spiro atoms. The smallest absolute Gasteiger partial charge is 0.335 e. The minimum atomic E-state index is -1.78. The van der Waals surface area contributed by atoms with Crippen molar-refractivity contribution < 1.29 is 52.5 Å². The molecule has 6 atom stereocenters. The zero-order chi connectivity index (χ0) is 26.6. The fraction of sp³-hybridized carbons (Fsp3) is 0.739. The van der Waals surface area contributed by atoms with Crippen LogP contribution < -0.4 is 0 Å². The maximum Gasteiger partial charge on any atom is 0.335 e. The van der Waals surface area contributed by atoms with Gasteiger partial charge in [0.15, 0.2) is 37.7 Å². The predicted octanol–water partition coefficient (Wildman–Crippen LogP) is 3.05. The number of carboxylic acids is 1. The van der Waals surface area contributed by atoms with E-state index in [2.05, 4.69) is 4.98 Å². The molecule has 1 rings (SSSR count). The van der Waals surface area contributed by atoms with Crippen molar-refractivity contribution in [1.82, 2.24) is 4.98 Å². The molecule has 0 aromatic carbocycles. The van der Waals surface area contributed by atoms with E-state index in [1.807, 2.05) is 0 Å². The third kappa shape index (κ3) is 10.8. The molecule has 202 valence electrons. The Bertz CT molecular complexity index is 730. The first kappa shape index (κ1) is 31.3. The molecule has 0 fully saturated rings. The summed E-state index contributed by atoms with van der Waals surface area (Å²) in [5.74, 6) is -2.93. The van der Waals surface area contributed by atoms with Gasteiger partial charge in [0, 0.05) is 27.5 Å². The molecule has 1 aromatic heterocycles. The van der Waals surface area contributed by atoms with E-state index in [1.165, 1.54) is 39.7 Å². The van der Waals surface area contributed by atoms with Crippen LogP contribution in [0.25, 0.3) is 0 Å². The normalized spacial score (nSPS) is 18.8. The van der Waals surface area contributed by atoms with Crippen LogP contribution in [0.2, 0.25) is 0 Å². The topological polar surface area (TPSA) is 133 Å². The molecule has 12 heteroatoms. The standard InChI is InChI=1S/C23H39NO11/c1-14(27-7)31-17(4)30-13-23(34-18(5)32-15(2)28-8,35-19(6)33-16(3)29-9)21-12-20(22(25)26)10-11-24-21/h10-12,14-19H,13H2,1-9H3,(H,25,26). The fourth-order valence-electron chi connectivity index (χ4n) is 2.90. The maximum atomic E-state index is 11.7. The molecule has 6 unspecified atom stereocenters. The van der Waals surface area contributed by atoms with Crippen molar-refractivity contribution >= 4 is 5.97 Å². The van der Waals surface area contributed by atoms with Crippen LogP contribution in [0.3, 0.4) is 0 Å². The molecule has 1 N–H and O–H groups in total. The quantitative estimate of drug-likeness (QED) is 0.294. The Morgan fingerprint density at radius 3 is 1.71 bits per heavy atom. The van der Waals surface area contributed by atoms with E-state index in [9.17, 15) is 9.90 Å². The lowest BCUT2D eigenvalue weighted by Crippen LogP contribution is -2.46. The van der Waals surface area contributed by atoms with Gasteiger partial charge in [-0.1, -0.05) is 0 Å². The molecule has 0 saturated heterocycles. The monoisotopic (exact) mass is 505 g/mol. The first-order valence-electron chi connectivity index (χ1n) is 11.2. The van der Waals surface area contributed by atoms with E-state index in [4.69, 9.17) is 42.6 Å². The second kappa shape index (κ2) is 15.4. The van der Waals surface area contributed by atoms with Gasteiger partial charge < -0.3 is 47.7 Å². The van der Waals surface area contributed by atoms with Crippen molar-refractivity contribution in [3.8, 4) is 0 Å². The van der Waals surface area contributed by atoms with Gasteiger partial charge >= 0.3 is 5.97 Å². The van der Waals surface area contributed by atoms with E-state index in [-0.39, 0.29) is 17.9 Å². The lowest BCUT2D eigenvalue weighted by molar-refractivity contribution is -0.396. The number of aromatic nitrogens is 1. The molecule has 35 heavy (non-hydrogen) atoms. The Morgan fingerprint density at radius 1 is 0.829 bits per heavy atom. The van der Waals surface area contributed by atoms with Gasteiger partial charge in [0.2, 0.25) is 5.79 Å². The van der Waals surface area contributed by atoms with E-state index in [0.29, 0.717) is 0 Å². The third-order valence-corrected chi connectivity index (χ3v) is 4.76. The second-order valence-electron chi connectivity index (χ2n) is 7.56. The summed E-state index contributed by atoms with van der Waals surface area (Å²) < 4.78 is 50.6. The van der Waals surface area contributed by atoms with E-state index >= 15 is 0 Å². The first-order chi connectivity index (χ1) is 16.5. The summed E-state index contributed by atoms with van der Waals surface area (Å²) in [6.45, 7) is 9.75. The van der Waals surface area contributed by atoms with Gasteiger partial charge in [0.25, 0.3) is 0 Å². The van der Waals surface area contributed by atoms with Gasteiger partial charge in [-0.15, -0.1) is 0 Å². The van der Waals surface area contributed by atoms with Gasteiger partial charge in [-0.25, -0.2) is 4.79 Å². The lowest BCUT2D eigenvalue weighted by atomic mass is 10.1. The van der Waals surface area contributed by atoms with Gasteiger partial charge in [-0.3, -0.25) is 4.98 Å². The summed E-state index contributed by atoms with van der Waals surface area (Å²) in [6.07, 6.45) is -2.95. The zero-order valence-electron chi connectivity index (χ0n) is 21.9. The van der Waals surface area contributed by atoms with Crippen molar-refractivity contribution in [1.29, 1.82) is 0 Å². The number of methoxy groups -OCH3 is 3. The average Bonchev–Trinajstić information content (AvgIpc) is 2.81. The average molecular weight is 506 g/mol. The zero-order valence-corrected chi connectivity index (χ0v) is 21.9. The number of ether oxygens (including phenoxy) is 9. The highest BCUT2D eigenvalue weighted by atomic mass is 16.9. The molecule has 0 radical (unpaired) electrons. The van der Waals surface area contributed by atoms with Crippen LogP contribution in [0.15, 0.2) is 18.3 Å². The molecular formula is C23H39NO11. The molecule has 0 amide bonds. The largest absolute Gasteiger partial charge is 0.478 e. The van der Waals surface area contributed by atoms with Crippen LogP contribution in [0.1, 0.15) is 57.6 Å². The Balaban J connectivity index is 3.42. The van der Waals surface area contributed by atoms with Crippen LogP contribution in [-0.4, -0.2) is 81.7 Å².